The zero-order valence-electron chi connectivity index (χ0n) is 12.8. The Labute approximate surface area is 134 Å². The van der Waals surface area contributed by atoms with Crippen LogP contribution in [0.15, 0.2) is 24.3 Å². The van der Waals surface area contributed by atoms with Crippen LogP contribution in [-0.4, -0.2) is 42.4 Å². The molecule has 2 N–H and O–H groups in total. The summed E-state index contributed by atoms with van der Waals surface area (Å²) in [4.78, 5) is 17.5. The van der Waals surface area contributed by atoms with Gasteiger partial charge in [-0.05, 0) is 31.5 Å². The maximum Gasteiger partial charge on any atom is 0.251 e. The van der Waals surface area contributed by atoms with E-state index in [4.69, 9.17) is 9.84 Å². The number of nitrogens with one attached hydrogen (secondary N) is 1. The second-order valence-electron chi connectivity index (χ2n) is 4.82. The van der Waals surface area contributed by atoms with E-state index in [-0.39, 0.29) is 19.1 Å². The number of aliphatic hydroxyl groups excluding tert-OH is 1. The van der Waals surface area contributed by atoms with Crippen LogP contribution in [0.1, 0.15) is 21.1 Å². The van der Waals surface area contributed by atoms with Crippen LogP contribution in [0.4, 0.5) is 0 Å². The summed E-state index contributed by atoms with van der Waals surface area (Å²) >= 11 is 1.65. The Morgan fingerprint density at radius 1 is 1.27 bits per heavy atom. The number of aromatic nitrogens is 1. The number of hydrogen-bond acceptors (Lipinski definition) is 5. The minimum atomic E-state index is -0.128. The van der Waals surface area contributed by atoms with Crippen LogP contribution < -0.4 is 5.32 Å². The second-order valence-corrected chi connectivity index (χ2v) is 6.02. The Balaban J connectivity index is 1.94. The smallest absolute Gasteiger partial charge is 0.251 e. The average molecular weight is 320 g/mol. The molecule has 5 nitrogen and oxygen atoms in total. The Morgan fingerprint density at radius 3 is 2.59 bits per heavy atom. The fraction of sp³-hybridized carbons (Fsp3) is 0.375. The van der Waals surface area contributed by atoms with Crippen molar-refractivity contribution in [2.24, 2.45) is 0 Å². The summed E-state index contributed by atoms with van der Waals surface area (Å²) in [7, 11) is 0. The molecular weight excluding hydrogens is 300 g/mol. The molecule has 0 saturated heterocycles. The Bertz CT molecular complexity index is 623. The molecule has 0 saturated carbocycles. The monoisotopic (exact) mass is 320 g/mol. The number of ether oxygens (including phenoxy) is 1. The summed E-state index contributed by atoms with van der Waals surface area (Å²) in [6.45, 7) is 5.08. The molecule has 0 aliphatic carbocycles. The number of carbonyl (C=O) groups is 1. The lowest BCUT2D eigenvalue weighted by atomic mass is 10.1. The van der Waals surface area contributed by atoms with Gasteiger partial charge in [-0.15, -0.1) is 11.3 Å². The predicted octanol–water partition coefficient (Wildman–Crippen LogP) is 2.17. The topological polar surface area (TPSA) is 71.5 Å². The molecule has 0 bridgehead atoms. The first-order chi connectivity index (χ1) is 10.6. The number of carbonyl (C=O) groups excluding carboxylic acids is 1. The molecule has 0 atom stereocenters. The molecular formula is C16H20N2O3S. The van der Waals surface area contributed by atoms with E-state index >= 15 is 0 Å². The average Bonchev–Trinajstić information content (AvgIpc) is 2.85. The highest BCUT2D eigenvalue weighted by Gasteiger charge is 2.09. The van der Waals surface area contributed by atoms with Crippen LogP contribution >= 0.6 is 11.3 Å². The highest BCUT2D eigenvalue weighted by atomic mass is 32.1. The summed E-state index contributed by atoms with van der Waals surface area (Å²) in [6.07, 6.45) is 0. The summed E-state index contributed by atoms with van der Waals surface area (Å²) in [5.74, 6) is -0.128. The first kappa shape index (κ1) is 16.6. The third-order valence-electron chi connectivity index (χ3n) is 3.08. The molecule has 0 unspecified atom stereocenters. The van der Waals surface area contributed by atoms with E-state index in [1.807, 2.05) is 38.1 Å². The standard InChI is InChI=1S/C16H20N2O3S/c1-11-15(22-12(2)18-11)13-3-5-14(6-4-13)16(20)17-7-9-21-10-8-19/h3-6,19H,7-10H2,1-2H3,(H,17,20). The maximum absolute atomic E-state index is 12.0. The van der Waals surface area contributed by atoms with Crippen LogP contribution in [0.25, 0.3) is 10.4 Å². The number of rotatable bonds is 7. The SMILES string of the molecule is Cc1nc(C)c(-c2ccc(C(=O)NCCOCCO)cc2)s1. The van der Waals surface area contributed by atoms with Gasteiger partial charge in [-0.2, -0.15) is 0 Å². The summed E-state index contributed by atoms with van der Waals surface area (Å²) in [5, 5.41) is 12.4. The van der Waals surface area contributed by atoms with Gasteiger partial charge in [0, 0.05) is 12.1 Å². The quantitative estimate of drug-likeness (QED) is 0.767. The van der Waals surface area contributed by atoms with Gasteiger partial charge in [-0.25, -0.2) is 4.98 Å². The van der Waals surface area contributed by atoms with Crippen molar-refractivity contribution in [1.29, 1.82) is 0 Å². The molecule has 118 valence electrons. The van der Waals surface area contributed by atoms with Crippen LogP contribution in [0.5, 0.6) is 0 Å². The van der Waals surface area contributed by atoms with Crippen molar-refractivity contribution in [3.05, 3.63) is 40.5 Å². The van der Waals surface area contributed by atoms with Crippen molar-refractivity contribution in [1.82, 2.24) is 10.3 Å². The minimum absolute atomic E-state index is 0.00806. The summed E-state index contributed by atoms with van der Waals surface area (Å²) in [5.41, 5.74) is 2.71. The van der Waals surface area contributed by atoms with Gasteiger partial charge in [0.25, 0.3) is 5.91 Å². The number of aryl methyl sites for hydroxylation is 2. The number of thiazole rings is 1. The molecule has 22 heavy (non-hydrogen) atoms. The molecule has 6 heteroatoms. The van der Waals surface area contributed by atoms with E-state index in [1.54, 1.807) is 11.3 Å². The lowest BCUT2D eigenvalue weighted by Gasteiger charge is -2.06. The van der Waals surface area contributed by atoms with Crippen molar-refractivity contribution in [3.63, 3.8) is 0 Å². The van der Waals surface area contributed by atoms with Crippen molar-refractivity contribution in [3.8, 4) is 10.4 Å². The summed E-state index contributed by atoms with van der Waals surface area (Å²) in [6, 6.07) is 7.51. The normalized spacial score (nSPS) is 10.7. The predicted molar refractivity (Wildman–Crippen MR) is 87.3 cm³/mol. The van der Waals surface area contributed by atoms with E-state index in [9.17, 15) is 4.79 Å². The van der Waals surface area contributed by atoms with Gasteiger partial charge in [0.15, 0.2) is 0 Å². The molecule has 1 amide bonds. The van der Waals surface area contributed by atoms with Crippen LogP contribution in [0, 0.1) is 13.8 Å². The first-order valence-electron chi connectivity index (χ1n) is 7.13. The highest BCUT2D eigenvalue weighted by molar-refractivity contribution is 7.15. The van der Waals surface area contributed by atoms with Gasteiger partial charge in [-0.1, -0.05) is 12.1 Å². The van der Waals surface area contributed by atoms with E-state index < -0.39 is 0 Å². The zero-order chi connectivity index (χ0) is 15.9. The van der Waals surface area contributed by atoms with E-state index in [1.165, 1.54) is 0 Å². The van der Waals surface area contributed by atoms with E-state index in [2.05, 4.69) is 10.3 Å². The van der Waals surface area contributed by atoms with Gasteiger partial charge in [-0.3, -0.25) is 4.79 Å². The maximum atomic E-state index is 12.0. The highest BCUT2D eigenvalue weighted by Crippen LogP contribution is 2.29. The van der Waals surface area contributed by atoms with Gasteiger partial charge in [0.05, 0.1) is 35.4 Å². The molecule has 0 radical (unpaired) electrons. The van der Waals surface area contributed by atoms with Crippen LogP contribution in [-0.2, 0) is 4.74 Å². The van der Waals surface area contributed by atoms with Gasteiger partial charge < -0.3 is 15.2 Å². The van der Waals surface area contributed by atoms with Crippen molar-refractivity contribution < 1.29 is 14.6 Å². The fourth-order valence-electron chi connectivity index (χ4n) is 2.08. The van der Waals surface area contributed by atoms with Crippen LogP contribution in [0.3, 0.4) is 0 Å². The Hall–Kier alpha value is -1.76. The molecule has 1 heterocycles. The van der Waals surface area contributed by atoms with Crippen LogP contribution in [0.2, 0.25) is 0 Å². The number of nitrogens with zero attached hydrogens (tertiary/aromatic N) is 1. The molecule has 1 aromatic heterocycles. The summed E-state index contributed by atoms with van der Waals surface area (Å²) < 4.78 is 5.09. The van der Waals surface area contributed by atoms with Gasteiger partial charge >= 0.3 is 0 Å². The van der Waals surface area contributed by atoms with E-state index in [0.717, 1.165) is 21.1 Å². The largest absolute Gasteiger partial charge is 0.394 e. The first-order valence-corrected chi connectivity index (χ1v) is 7.94. The molecule has 0 spiro atoms. The Kier molecular flexibility index (Phi) is 6.06. The zero-order valence-corrected chi connectivity index (χ0v) is 13.6. The molecule has 0 fully saturated rings. The van der Waals surface area contributed by atoms with Gasteiger partial charge in [0.2, 0.25) is 0 Å². The molecule has 0 aliphatic rings. The van der Waals surface area contributed by atoms with Crippen molar-refractivity contribution in [2.75, 3.05) is 26.4 Å². The fourth-order valence-corrected chi connectivity index (χ4v) is 3.00. The molecule has 1 aromatic carbocycles. The van der Waals surface area contributed by atoms with E-state index in [0.29, 0.717) is 18.7 Å². The molecule has 2 aromatic rings. The molecule has 2 rings (SSSR count). The van der Waals surface area contributed by atoms with Crippen molar-refractivity contribution in [2.45, 2.75) is 13.8 Å². The minimum Gasteiger partial charge on any atom is -0.394 e. The number of aliphatic hydroxyl groups is 1. The third-order valence-corrected chi connectivity index (χ3v) is 4.20. The van der Waals surface area contributed by atoms with Gasteiger partial charge in [0.1, 0.15) is 0 Å². The number of hydrogen-bond donors (Lipinski definition) is 2. The second kappa shape index (κ2) is 8.03. The van der Waals surface area contributed by atoms with Crippen molar-refractivity contribution >= 4 is 17.2 Å². The lowest BCUT2D eigenvalue weighted by Crippen LogP contribution is -2.27. The third kappa shape index (κ3) is 4.37. The number of benzene rings is 1. The lowest BCUT2D eigenvalue weighted by molar-refractivity contribution is 0.0838. The molecule has 0 aliphatic heterocycles. The Morgan fingerprint density at radius 2 is 2.00 bits per heavy atom. The number of amides is 1.